The Morgan fingerprint density at radius 3 is 2.63 bits per heavy atom. The highest BCUT2D eigenvalue weighted by Crippen LogP contribution is 2.16. The van der Waals surface area contributed by atoms with Gasteiger partial charge in [-0.25, -0.2) is 19.2 Å². The fraction of sp³-hybridized carbons (Fsp3) is 0.188. The topological polar surface area (TPSA) is 136 Å². The molecule has 0 saturated carbocycles. The maximum absolute atomic E-state index is 13.5. The molecule has 0 aliphatic carbocycles. The maximum atomic E-state index is 13.5. The highest BCUT2D eigenvalue weighted by molar-refractivity contribution is 7.99. The first-order valence-corrected chi connectivity index (χ1v) is 8.67. The molecule has 1 heterocycles. The zero-order valence-corrected chi connectivity index (χ0v) is 15.0. The molecule has 0 fully saturated rings. The number of halogens is 1. The first-order valence-electron chi connectivity index (χ1n) is 7.68. The molecule has 2 rings (SSSR count). The predicted molar refractivity (Wildman–Crippen MR) is 95.1 cm³/mol. The highest BCUT2D eigenvalue weighted by Gasteiger charge is 2.15. The average Bonchev–Trinajstić information content (AvgIpc) is 2.65. The number of nitrogens with zero attached hydrogens (tertiary/aromatic N) is 2. The van der Waals surface area contributed by atoms with Crippen molar-refractivity contribution in [3.8, 4) is 0 Å². The lowest BCUT2D eigenvalue weighted by Gasteiger charge is -2.08. The smallest absolute Gasteiger partial charge is 0.343 e. The van der Waals surface area contributed by atoms with Crippen molar-refractivity contribution in [2.75, 3.05) is 18.1 Å². The maximum Gasteiger partial charge on any atom is 0.343 e. The first kappa shape index (κ1) is 20.1. The standard InChI is InChI=1S/C16H16FN5O4S/c1-2-26-15(25)10-7-19-16(20-13(10)18)27-8-12(23)21-22-14(24)9-5-3-4-6-11(9)17/h3-7H,2,8H2,1H3,(H,21,23)(H,22,24)(H2,18,19,20). The van der Waals surface area contributed by atoms with E-state index < -0.39 is 23.6 Å². The van der Waals surface area contributed by atoms with Crippen LogP contribution in [0.25, 0.3) is 0 Å². The van der Waals surface area contributed by atoms with Gasteiger partial charge in [0.25, 0.3) is 5.91 Å². The molecular formula is C16H16FN5O4S. The van der Waals surface area contributed by atoms with Gasteiger partial charge in [-0.05, 0) is 19.1 Å². The van der Waals surface area contributed by atoms with Gasteiger partial charge in [0, 0.05) is 6.20 Å². The summed E-state index contributed by atoms with van der Waals surface area (Å²) in [6, 6.07) is 5.36. The summed E-state index contributed by atoms with van der Waals surface area (Å²) in [6.07, 6.45) is 1.21. The van der Waals surface area contributed by atoms with E-state index in [1.54, 1.807) is 6.92 Å². The Morgan fingerprint density at radius 2 is 1.96 bits per heavy atom. The molecule has 142 valence electrons. The second-order valence-corrected chi connectivity index (χ2v) is 5.89. The van der Waals surface area contributed by atoms with E-state index in [1.165, 1.54) is 24.4 Å². The van der Waals surface area contributed by atoms with Crippen LogP contribution in [0.3, 0.4) is 0 Å². The minimum Gasteiger partial charge on any atom is -0.462 e. The number of hydrogen-bond donors (Lipinski definition) is 3. The molecule has 11 heteroatoms. The summed E-state index contributed by atoms with van der Waals surface area (Å²) >= 11 is 0.935. The van der Waals surface area contributed by atoms with Crippen molar-refractivity contribution in [3.05, 3.63) is 47.4 Å². The summed E-state index contributed by atoms with van der Waals surface area (Å²) in [5.74, 6) is -2.91. The number of hydrazine groups is 1. The van der Waals surface area contributed by atoms with Crippen molar-refractivity contribution in [3.63, 3.8) is 0 Å². The second kappa shape index (κ2) is 9.48. The molecule has 0 aliphatic rings. The van der Waals surface area contributed by atoms with Crippen molar-refractivity contribution in [2.24, 2.45) is 0 Å². The lowest BCUT2D eigenvalue weighted by molar-refractivity contribution is -0.119. The minimum absolute atomic E-state index is 0.0304. The number of esters is 1. The van der Waals surface area contributed by atoms with E-state index in [9.17, 15) is 18.8 Å². The molecule has 9 nitrogen and oxygen atoms in total. The van der Waals surface area contributed by atoms with Crippen LogP contribution in [-0.4, -0.2) is 40.1 Å². The number of carbonyl (C=O) groups is 3. The monoisotopic (exact) mass is 393 g/mol. The minimum atomic E-state index is -0.786. The summed E-state index contributed by atoms with van der Waals surface area (Å²) in [5.41, 5.74) is 9.77. The third-order valence-electron chi connectivity index (χ3n) is 3.06. The number of ether oxygens (including phenoxy) is 1. The van der Waals surface area contributed by atoms with Gasteiger partial charge in [-0.1, -0.05) is 23.9 Å². The molecule has 2 aromatic rings. The molecule has 2 amide bonds. The molecule has 0 spiro atoms. The van der Waals surface area contributed by atoms with Gasteiger partial charge in [0.05, 0.1) is 17.9 Å². The Labute approximate surface area is 157 Å². The molecule has 0 unspecified atom stereocenters. The van der Waals surface area contributed by atoms with Crippen LogP contribution in [0.15, 0.2) is 35.6 Å². The third kappa shape index (κ3) is 5.64. The number of thioether (sulfide) groups is 1. The van der Waals surface area contributed by atoms with Gasteiger partial charge >= 0.3 is 5.97 Å². The fourth-order valence-electron chi connectivity index (χ4n) is 1.82. The third-order valence-corrected chi connectivity index (χ3v) is 3.92. The van der Waals surface area contributed by atoms with Gasteiger partial charge in [0.1, 0.15) is 17.2 Å². The van der Waals surface area contributed by atoms with Crippen molar-refractivity contribution < 1.29 is 23.5 Å². The van der Waals surface area contributed by atoms with Gasteiger partial charge in [-0.3, -0.25) is 20.4 Å². The van der Waals surface area contributed by atoms with Crippen LogP contribution >= 0.6 is 11.8 Å². The Bertz CT molecular complexity index is 864. The number of rotatable bonds is 6. The van der Waals surface area contributed by atoms with Crippen LogP contribution in [0, 0.1) is 5.82 Å². The van der Waals surface area contributed by atoms with E-state index in [4.69, 9.17) is 10.5 Å². The van der Waals surface area contributed by atoms with Crippen molar-refractivity contribution in [1.29, 1.82) is 0 Å². The van der Waals surface area contributed by atoms with Crippen LogP contribution in [0.1, 0.15) is 27.6 Å². The van der Waals surface area contributed by atoms with Gasteiger partial charge in [0.15, 0.2) is 5.16 Å². The fourth-order valence-corrected chi connectivity index (χ4v) is 2.44. The van der Waals surface area contributed by atoms with Crippen LogP contribution in [0.2, 0.25) is 0 Å². The molecule has 0 aliphatic heterocycles. The van der Waals surface area contributed by atoms with Crippen LogP contribution in [-0.2, 0) is 9.53 Å². The molecule has 1 aromatic heterocycles. The van der Waals surface area contributed by atoms with E-state index in [0.717, 1.165) is 17.8 Å². The molecule has 0 radical (unpaired) electrons. The van der Waals surface area contributed by atoms with E-state index in [-0.39, 0.29) is 34.5 Å². The normalized spacial score (nSPS) is 10.1. The van der Waals surface area contributed by atoms with Crippen molar-refractivity contribution in [2.45, 2.75) is 12.1 Å². The Kier molecular flexibility index (Phi) is 7.06. The molecule has 27 heavy (non-hydrogen) atoms. The van der Waals surface area contributed by atoms with Gasteiger partial charge < -0.3 is 10.5 Å². The number of amides is 2. The van der Waals surface area contributed by atoms with Crippen LogP contribution < -0.4 is 16.6 Å². The highest BCUT2D eigenvalue weighted by atomic mass is 32.2. The van der Waals surface area contributed by atoms with Gasteiger partial charge in [-0.15, -0.1) is 0 Å². The van der Waals surface area contributed by atoms with E-state index in [2.05, 4.69) is 20.8 Å². The predicted octanol–water partition coefficient (Wildman–Crippen LogP) is 0.928. The van der Waals surface area contributed by atoms with E-state index in [1.807, 2.05) is 0 Å². The number of hydrogen-bond acceptors (Lipinski definition) is 8. The Balaban J connectivity index is 1.85. The Morgan fingerprint density at radius 1 is 1.22 bits per heavy atom. The van der Waals surface area contributed by atoms with Crippen molar-refractivity contribution >= 4 is 35.4 Å². The van der Waals surface area contributed by atoms with Crippen molar-refractivity contribution in [1.82, 2.24) is 20.8 Å². The average molecular weight is 393 g/mol. The molecule has 1 aromatic carbocycles. The largest absolute Gasteiger partial charge is 0.462 e. The molecule has 0 bridgehead atoms. The molecule has 4 N–H and O–H groups in total. The first-order chi connectivity index (χ1) is 12.9. The van der Waals surface area contributed by atoms with Crippen LogP contribution in [0.5, 0.6) is 0 Å². The summed E-state index contributed by atoms with van der Waals surface area (Å²) in [6.45, 7) is 1.84. The number of nitrogen functional groups attached to an aromatic ring is 1. The quantitative estimate of drug-likeness (QED) is 0.285. The number of nitrogens with one attached hydrogen (secondary N) is 2. The zero-order chi connectivity index (χ0) is 19.8. The SMILES string of the molecule is CCOC(=O)c1cnc(SCC(=O)NNC(=O)c2ccccc2F)nc1N. The number of anilines is 1. The number of aromatic nitrogens is 2. The molecular weight excluding hydrogens is 377 g/mol. The summed E-state index contributed by atoms with van der Waals surface area (Å²) < 4.78 is 18.3. The van der Waals surface area contributed by atoms with Gasteiger partial charge in [-0.2, -0.15) is 0 Å². The summed E-state index contributed by atoms with van der Waals surface area (Å²) in [4.78, 5) is 43.0. The van der Waals surface area contributed by atoms with Crippen LogP contribution in [0.4, 0.5) is 10.2 Å². The summed E-state index contributed by atoms with van der Waals surface area (Å²) in [5, 5.41) is 0.163. The van der Waals surface area contributed by atoms with E-state index in [0.29, 0.717) is 0 Å². The number of nitrogens with two attached hydrogens (primary N) is 1. The summed E-state index contributed by atoms with van der Waals surface area (Å²) in [7, 11) is 0. The molecule has 0 saturated heterocycles. The lowest BCUT2D eigenvalue weighted by atomic mass is 10.2. The Hall–Kier alpha value is -3.21. The zero-order valence-electron chi connectivity index (χ0n) is 14.2. The second-order valence-electron chi connectivity index (χ2n) is 4.94. The van der Waals surface area contributed by atoms with Gasteiger partial charge in [0.2, 0.25) is 5.91 Å². The number of carbonyl (C=O) groups excluding carboxylic acids is 3. The van der Waals surface area contributed by atoms with E-state index >= 15 is 0 Å². The molecule has 0 atom stereocenters. The lowest BCUT2D eigenvalue weighted by Crippen LogP contribution is -2.42. The number of benzene rings is 1.